The van der Waals surface area contributed by atoms with Crippen molar-refractivity contribution in [2.45, 2.75) is 34.5 Å². The van der Waals surface area contributed by atoms with Gasteiger partial charge in [-0.05, 0) is 44.8 Å². The molecule has 1 aromatic heterocycles. The van der Waals surface area contributed by atoms with E-state index in [-0.39, 0.29) is 11.3 Å². The Morgan fingerprint density at radius 2 is 1.67 bits per heavy atom. The van der Waals surface area contributed by atoms with Gasteiger partial charge in [0.25, 0.3) is 0 Å². The van der Waals surface area contributed by atoms with Crippen LogP contribution in [0.2, 0.25) is 0 Å². The van der Waals surface area contributed by atoms with Gasteiger partial charge in [0.2, 0.25) is 5.69 Å². The van der Waals surface area contributed by atoms with Gasteiger partial charge in [-0.3, -0.25) is 0 Å². The van der Waals surface area contributed by atoms with Gasteiger partial charge in [-0.1, -0.05) is 18.2 Å². The predicted molar refractivity (Wildman–Crippen MR) is 76.7 cm³/mol. The van der Waals surface area contributed by atoms with Gasteiger partial charge < -0.3 is 0 Å². The largest absolute Gasteiger partial charge is 0.215 e. The van der Waals surface area contributed by atoms with Crippen LogP contribution in [0.25, 0.3) is 11.3 Å². The lowest BCUT2D eigenvalue weighted by Gasteiger charge is -2.13. The van der Waals surface area contributed by atoms with E-state index in [2.05, 4.69) is 0 Å². The zero-order valence-corrected chi connectivity index (χ0v) is 11.3. The highest BCUT2D eigenvalue weighted by Gasteiger charge is 2.21. The lowest BCUT2D eigenvalue weighted by molar-refractivity contribution is -0.667. The average molecular weight is 246 g/mol. The third kappa shape index (κ3) is 1.84. The Morgan fingerprint density at radius 1 is 0.944 bits per heavy atom. The molecule has 0 amide bonds. The number of pyridine rings is 1. The van der Waals surface area contributed by atoms with Crippen molar-refractivity contribution in [2.24, 2.45) is 7.05 Å². The summed E-state index contributed by atoms with van der Waals surface area (Å²) < 4.78 is 48.6. The molecule has 1 nitrogen and oxygen atoms in total. The molecule has 0 saturated heterocycles. The molecule has 0 saturated carbocycles. The summed E-state index contributed by atoms with van der Waals surface area (Å²) in [5.41, 5.74) is 3.76. The molecular weight excluding hydrogens is 218 g/mol. The smallest absolute Gasteiger partial charge is 0.198 e. The van der Waals surface area contributed by atoms with Crippen molar-refractivity contribution in [3.63, 3.8) is 0 Å². The maximum Gasteiger partial charge on any atom is 0.215 e. The topological polar surface area (TPSA) is 3.88 Å². The van der Waals surface area contributed by atoms with Crippen molar-refractivity contribution >= 4 is 0 Å². The molecule has 2 rings (SSSR count). The summed E-state index contributed by atoms with van der Waals surface area (Å²) in [6, 6.07) is 7.69. The van der Waals surface area contributed by atoms with Crippen LogP contribution in [0, 0.1) is 34.5 Å². The number of hydrogen-bond donors (Lipinski definition) is 0. The second-order valence-electron chi connectivity index (χ2n) is 4.70. The Balaban J connectivity index is 3.02. The third-order valence-corrected chi connectivity index (χ3v) is 3.60. The zero-order chi connectivity index (χ0) is 18.4. The van der Waals surface area contributed by atoms with Gasteiger partial charge in [0.05, 0.1) is 0 Å². The highest BCUT2D eigenvalue weighted by Crippen LogP contribution is 2.27. The normalized spacial score (nSPS) is 17.1. The van der Waals surface area contributed by atoms with Crippen LogP contribution >= 0.6 is 0 Å². The predicted octanol–water partition coefficient (Wildman–Crippen LogP) is 3.72. The van der Waals surface area contributed by atoms with E-state index in [1.165, 1.54) is 4.57 Å². The Kier molecular flexibility index (Phi) is 1.80. The van der Waals surface area contributed by atoms with Crippen molar-refractivity contribution in [1.29, 1.82) is 0 Å². The first kappa shape index (κ1) is 7.08. The number of nitrogens with zero attached hydrogens (tertiary/aromatic N) is 1. The van der Waals surface area contributed by atoms with Gasteiger partial charge in [-0.15, -0.1) is 0 Å². The third-order valence-electron chi connectivity index (χ3n) is 3.60. The van der Waals surface area contributed by atoms with Crippen LogP contribution in [0.15, 0.2) is 24.3 Å². The summed E-state index contributed by atoms with van der Waals surface area (Å²) in [5, 5.41) is 0. The minimum Gasteiger partial charge on any atom is -0.198 e. The lowest BCUT2D eigenvalue weighted by Crippen LogP contribution is -2.37. The van der Waals surface area contributed by atoms with Gasteiger partial charge in [-0.25, -0.2) is 0 Å². The number of benzene rings is 1. The molecular formula is C17H22N+. The van der Waals surface area contributed by atoms with E-state index in [1.807, 2.05) is 38.1 Å². The van der Waals surface area contributed by atoms with E-state index in [9.17, 15) is 0 Å². The second-order valence-corrected chi connectivity index (χ2v) is 4.70. The minimum atomic E-state index is -2.52. The van der Waals surface area contributed by atoms with Gasteiger partial charge in [0, 0.05) is 31.8 Å². The number of hydrogen-bond acceptors (Lipinski definition) is 0. The summed E-state index contributed by atoms with van der Waals surface area (Å²) in [5.74, 6) is 0. The van der Waals surface area contributed by atoms with E-state index >= 15 is 0 Å². The summed E-state index contributed by atoms with van der Waals surface area (Å²) in [6.07, 6.45) is 0. The molecule has 0 unspecified atom stereocenters. The van der Waals surface area contributed by atoms with Gasteiger partial charge >= 0.3 is 0 Å². The van der Waals surface area contributed by atoms with Crippen LogP contribution in [0.1, 0.15) is 36.2 Å². The lowest BCUT2D eigenvalue weighted by atomic mass is 9.95. The quantitative estimate of drug-likeness (QED) is 0.675. The molecule has 0 atom stereocenters. The summed E-state index contributed by atoms with van der Waals surface area (Å²) in [4.78, 5) is 0. The molecule has 94 valence electrons. The molecule has 0 spiro atoms. The molecule has 1 aromatic carbocycles. The van der Waals surface area contributed by atoms with Gasteiger partial charge in [0.15, 0.2) is 5.69 Å². The van der Waals surface area contributed by atoms with Crippen LogP contribution < -0.4 is 4.57 Å². The van der Waals surface area contributed by atoms with Crippen LogP contribution in [-0.2, 0) is 7.05 Å². The fraction of sp³-hybridized carbons (Fsp3) is 0.353. The molecule has 1 heteroatoms. The molecule has 0 bridgehead atoms. The van der Waals surface area contributed by atoms with E-state index in [1.54, 1.807) is 14.0 Å². The summed E-state index contributed by atoms with van der Waals surface area (Å²) >= 11 is 0. The Bertz CT molecular complexity index is 787. The molecule has 0 N–H and O–H groups in total. The van der Waals surface area contributed by atoms with Gasteiger partial charge in [-0.2, -0.15) is 4.57 Å². The number of aromatic nitrogens is 1. The molecule has 0 aliphatic rings. The fourth-order valence-electron chi connectivity index (χ4n) is 2.30. The van der Waals surface area contributed by atoms with E-state index in [4.69, 9.17) is 8.22 Å². The standard InChI is InChI=1S/C17H22N/c1-11-9-7-8-10-16(11)17-14(4)12(2)13(3)15(5)18(17)6/h7-10H,1-6H3/q+1/i3D3,5D3. The molecule has 0 fully saturated rings. The van der Waals surface area contributed by atoms with E-state index in [0.717, 1.165) is 22.4 Å². The first-order valence-corrected chi connectivity index (χ1v) is 5.97. The maximum atomic E-state index is 7.88. The van der Waals surface area contributed by atoms with Crippen molar-refractivity contribution in [3.8, 4) is 11.3 Å². The number of aryl methyl sites for hydroxylation is 1. The maximum absolute atomic E-state index is 7.88. The molecule has 1 heterocycles. The molecule has 0 radical (unpaired) electrons. The Labute approximate surface area is 119 Å². The Morgan fingerprint density at radius 3 is 2.28 bits per heavy atom. The Hall–Kier alpha value is -1.63. The first-order chi connectivity index (χ1) is 10.9. The first-order valence-electron chi connectivity index (χ1n) is 8.97. The monoisotopic (exact) mass is 246 g/mol. The zero-order valence-electron chi connectivity index (χ0n) is 17.3. The van der Waals surface area contributed by atoms with Crippen LogP contribution in [0.5, 0.6) is 0 Å². The van der Waals surface area contributed by atoms with E-state index in [0.29, 0.717) is 5.56 Å². The highest BCUT2D eigenvalue weighted by molar-refractivity contribution is 5.65. The average Bonchev–Trinajstić information content (AvgIpc) is 2.42. The highest BCUT2D eigenvalue weighted by atomic mass is 14.9. The van der Waals surface area contributed by atoms with Crippen LogP contribution in [-0.4, -0.2) is 0 Å². The van der Waals surface area contributed by atoms with Crippen molar-refractivity contribution in [2.75, 3.05) is 0 Å². The molecule has 2 aromatic rings. The van der Waals surface area contributed by atoms with Crippen LogP contribution in [0.3, 0.4) is 0 Å². The fourth-order valence-corrected chi connectivity index (χ4v) is 2.30. The van der Waals surface area contributed by atoms with Crippen molar-refractivity contribution in [3.05, 3.63) is 52.2 Å². The summed E-state index contributed by atoms with van der Waals surface area (Å²) in [7, 11) is 1.63. The molecule has 0 aliphatic heterocycles. The number of rotatable bonds is 1. The summed E-state index contributed by atoms with van der Waals surface area (Å²) in [6.45, 7) is 0.482. The van der Waals surface area contributed by atoms with Crippen LogP contribution in [0.4, 0.5) is 0 Å². The van der Waals surface area contributed by atoms with Gasteiger partial charge in [0.1, 0.15) is 7.05 Å². The van der Waals surface area contributed by atoms with E-state index < -0.39 is 13.7 Å². The second kappa shape index (κ2) is 4.56. The van der Waals surface area contributed by atoms with Crippen molar-refractivity contribution in [1.82, 2.24) is 0 Å². The molecule has 18 heavy (non-hydrogen) atoms. The van der Waals surface area contributed by atoms with Crippen molar-refractivity contribution < 1.29 is 12.8 Å². The SMILES string of the molecule is [2H]C([2H])([2H])c1c(C)c(C)c(-c2ccccc2C)[n+](C)c1C([2H])([2H])[2H]. The minimum absolute atomic E-state index is 0.0696. The molecule has 0 aliphatic carbocycles.